The number of sulfonamides is 1. The second-order valence-electron chi connectivity index (χ2n) is 9.13. The molecule has 1 saturated carbocycles. The molecule has 1 heterocycles. The van der Waals surface area contributed by atoms with Crippen LogP contribution in [-0.4, -0.2) is 68.7 Å². The van der Waals surface area contributed by atoms with Crippen LogP contribution in [0.15, 0.2) is 29.2 Å². The smallest absolute Gasteiger partial charge is 0.242 e. The van der Waals surface area contributed by atoms with Gasteiger partial charge >= 0.3 is 0 Å². The lowest BCUT2D eigenvalue weighted by molar-refractivity contribution is -0.127. The zero-order chi connectivity index (χ0) is 23.3. The van der Waals surface area contributed by atoms with Gasteiger partial charge in [0.05, 0.1) is 10.9 Å². The first kappa shape index (κ1) is 24.7. The van der Waals surface area contributed by atoms with E-state index in [1.165, 1.54) is 32.6 Å². The zero-order valence-electron chi connectivity index (χ0n) is 19.3. The molecule has 32 heavy (non-hydrogen) atoms. The van der Waals surface area contributed by atoms with Crippen LogP contribution in [0.4, 0.5) is 5.69 Å². The second kappa shape index (κ2) is 10.8. The summed E-state index contributed by atoms with van der Waals surface area (Å²) in [7, 11) is -0.611. The van der Waals surface area contributed by atoms with Crippen molar-refractivity contribution in [1.29, 1.82) is 0 Å². The van der Waals surface area contributed by atoms with Crippen LogP contribution in [0.1, 0.15) is 51.9 Å². The molecule has 0 radical (unpaired) electrons. The van der Waals surface area contributed by atoms with Crippen molar-refractivity contribution in [3.8, 4) is 0 Å². The minimum atomic E-state index is -3.56. The van der Waals surface area contributed by atoms with Gasteiger partial charge < -0.3 is 10.6 Å². The summed E-state index contributed by atoms with van der Waals surface area (Å²) in [6.45, 7) is 3.33. The Morgan fingerprint density at radius 3 is 2.34 bits per heavy atom. The number of nitrogens with one attached hydrogen (secondary N) is 2. The van der Waals surface area contributed by atoms with Crippen molar-refractivity contribution in [2.24, 2.45) is 5.92 Å². The number of nitrogens with zero attached hydrogens (tertiary/aromatic N) is 2. The lowest BCUT2D eigenvalue weighted by Gasteiger charge is -2.36. The predicted octanol–water partition coefficient (Wildman–Crippen LogP) is 2.42. The van der Waals surface area contributed by atoms with Gasteiger partial charge in [0.25, 0.3) is 0 Å². The topological polar surface area (TPSA) is 98.8 Å². The second-order valence-corrected chi connectivity index (χ2v) is 11.3. The van der Waals surface area contributed by atoms with E-state index in [1.807, 2.05) is 6.92 Å². The fourth-order valence-electron chi connectivity index (χ4n) is 4.47. The molecule has 178 valence electrons. The van der Waals surface area contributed by atoms with Gasteiger partial charge in [-0.2, -0.15) is 0 Å². The molecule has 2 N–H and O–H groups in total. The molecule has 0 bridgehead atoms. The Bertz CT molecular complexity index is 904. The number of amides is 2. The van der Waals surface area contributed by atoms with Crippen molar-refractivity contribution < 1.29 is 18.0 Å². The molecule has 8 nitrogen and oxygen atoms in total. The summed E-state index contributed by atoms with van der Waals surface area (Å²) in [6.07, 6.45) is 7.18. The molecule has 1 saturated heterocycles. The molecular weight excluding hydrogens is 428 g/mol. The van der Waals surface area contributed by atoms with Gasteiger partial charge in [0, 0.05) is 44.8 Å². The largest absolute Gasteiger partial charge is 0.353 e. The minimum absolute atomic E-state index is 0.141. The standard InChI is InChI=1S/C23H36N4O4S/c1-17(22(28)25-20-10-7-11-21(16-20)32(30,31)26(2)3)27-14-12-19(13-15-27)24-23(29)18-8-5-4-6-9-18/h7,10-11,16-19H,4-6,8-9,12-15H2,1-3H3,(H,24,29)(H,25,28). The van der Waals surface area contributed by atoms with Gasteiger partial charge in [-0.25, -0.2) is 12.7 Å². The van der Waals surface area contributed by atoms with Gasteiger partial charge in [-0.05, 0) is 50.8 Å². The van der Waals surface area contributed by atoms with Gasteiger partial charge in [0.2, 0.25) is 21.8 Å². The van der Waals surface area contributed by atoms with Crippen molar-refractivity contribution in [1.82, 2.24) is 14.5 Å². The SMILES string of the molecule is CC(C(=O)Nc1cccc(S(=O)(=O)N(C)C)c1)N1CCC(NC(=O)C2CCCCC2)CC1. The number of likely N-dealkylation sites (tertiary alicyclic amines) is 1. The summed E-state index contributed by atoms with van der Waals surface area (Å²) in [5, 5.41) is 6.06. The van der Waals surface area contributed by atoms with Gasteiger partial charge in [0.15, 0.2) is 0 Å². The number of hydrogen-bond acceptors (Lipinski definition) is 5. The molecule has 1 aromatic rings. The fraction of sp³-hybridized carbons (Fsp3) is 0.652. The highest BCUT2D eigenvalue weighted by molar-refractivity contribution is 7.89. The molecule has 1 atom stereocenters. The molecule has 9 heteroatoms. The Kier molecular flexibility index (Phi) is 8.30. The highest BCUT2D eigenvalue weighted by Crippen LogP contribution is 2.24. The first-order chi connectivity index (χ1) is 15.2. The molecule has 1 aliphatic heterocycles. The van der Waals surface area contributed by atoms with Crippen molar-refractivity contribution in [2.75, 3.05) is 32.5 Å². The van der Waals surface area contributed by atoms with Crippen LogP contribution in [-0.2, 0) is 19.6 Å². The monoisotopic (exact) mass is 464 g/mol. The lowest BCUT2D eigenvalue weighted by Crippen LogP contribution is -2.51. The van der Waals surface area contributed by atoms with E-state index in [-0.39, 0.29) is 34.7 Å². The Balaban J connectivity index is 1.50. The van der Waals surface area contributed by atoms with Crippen molar-refractivity contribution in [3.05, 3.63) is 24.3 Å². The number of piperidine rings is 1. The Morgan fingerprint density at radius 2 is 1.72 bits per heavy atom. The molecule has 1 unspecified atom stereocenters. The van der Waals surface area contributed by atoms with E-state index >= 15 is 0 Å². The summed E-state index contributed by atoms with van der Waals surface area (Å²) < 4.78 is 25.8. The van der Waals surface area contributed by atoms with E-state index in [0.717, 1.165) is 55.9 Å². The van der Waals surface area contributed by atoms with Crippen LogP contribution in [0.5, 0.6) is 0 Å². The third-order valence-electron chi connectivity index (χ3n) is 6.66. The maximum atomic E-state index is 12.8. The molecule has 0 aromatic heterocycles. The molecule has 2 fully saturated rings. The van der Waals surface area contributed by atoms with Crippen LogP contribution in [0.25, 0.3) is 0 Å². The average molecular weight is 465 g/mol. The highest BCUT2D eigenvalue weighted by Gasteiger charge is 2.29. The number of anilines is 1. The number of rotatable bonds is 7. The number of hydrogen-bond donors (Lipinski definition) is 2. The van der Waals surface area contributed by atoms with Crippen LogP contribution in [0.3, 0.4) is 0 Å². The molecule has 2 aliphatic rings. The summed E-state index contributed by atoms with van der Waals surface area (Å²) in [6, 6.07) is 6.13. The van der Waals surface area contributed by atoms with Crippen molar-refractivity contribution in [2.45, 2.75) is 68.8 Å². The van der Waals surface area contributed by atoms with Gasteiger partial charge in [-0.15, -0.1) is 0 Å². The van der Waals surface area contributed by atoms with Crippen molar-refractivity contribution >= 4 is 27.5 Å². The molecular formula is C23H36N4O4S. The molecule has 3 rings (SSSR count). The first-order valence-corrected chi connectivity index (χ1v) is 13.0. The lowest BCUT2D eigenvalue weighted by atomic mass is 9.88. The van der Waals surface area contributed by atoms with Gasteiger partial charge in [0.1, 0.15) is 0 Å². The van der Waals surface area contributed by atoms with E-state index in [9.17, 15) is 18.0 Å². The number of carbonyl (C=O) groups is 2. The van der Waals surface area contributed by atoms with Crippen LogP contribution >= 0.6 is 0 Å². The Labute approximate surface area is 191 Å². The van der Waals surface area contributed by atoms with E-state index < -0.39 is 10.0 Å². The number of benzene rings is 1. The van der Waals surface area contributed by atoms with Gasteiger partial charge in [-0.3, -0.25) is 14.5 Å². The van der Waals surface area contributed by atoms with Gasteiger partial charge in [-0.1, -0.05) is 25.3 Å². The van der Waals surface area contributed by atoms with E-state index in [0.29, 0.717) is 5.69 Å². The maximum absolute atomic E-state index is 12.8. The molecule has 2 amide bonds. The first-order valence-electron chi connectivity index (χ1n) is 11.6. The third kappa shape index (κ3) is 6.08. The molecule has 1 aliphatic carbocycles. The summed E-state index contributed by atoms with van der Waals surface area (Å²) in [5.74, 6) is 0.189. The van der Waals surface area contributed by atoms with Crippen LogP contribution in [0.2, 0.25) is 0 Å². The van der Waals surface area contributed by atoms with E-state index in [1.54, 1.807) is 12.1 Å². The highest BCUT2D eigenvalue weighted by atomic mass is 32.2. The zero-order valence-corrected chi connectivity index (χ0v) is 20.2. The Morgan fingerprint density at radius 1 is 1.06 bits per heavy atom. The minimum Gasteiger partial charge on any atom is -0.353 e. The summed E-state index contributed by atoms with van der Waals surface area (Å²) >= 11 is 0. The quantitative estimate of drug-likeness (QED) is 0.646. The fourth-order valence-corrected chi connectivity index (χ4v) is 5.42. The molecule has 0 spiro atoms. The van der Waals surface area contributed by atoms with E-state index in [2.05, 4.69) is 15.5 Å². The van der Waals surface area contributed by atoms with Crippen molar-refractivity contribution in [3.63, 3.8) is 0 Å². The maximum Gasteiger partial charge on any atom is 0.242 e. The summed E-state index contributed by atoms with van der Waals surface area (Å²) in [4.78, 5) is 27.5. The van der Waals surface area contributed by atoms with Crippen LogP contribution in [0, 0.1) is 5.92 Å². The molecule has 1 aromatic carbocycles. The van der Waals surface area contributed by atoms with E-state index in [4.69, 9.17) is 0 Å². The number of carbonyl (C=O) groups excluding carboxylic acids is 2. The average Bonchev–Trinajstić information content (AvgIpc) is 2.79. The third-order valence-corrected chi connectivity index (χ3v) is 8.47. The van der Waals surface area contributed by atoms with Crippen LogP contribution < -0.4 is 10.6 Å². The summed E-state index contributed by atoms with van der Waals surface area (Å²) in [5.41, 5.74) is 0.458. The predicted molar refractivity (Wildman–Crippen MR) is 125 cm³/mol. The normalized spacial score (nSPS) is 20.1. The Hall–Kier alpha value is -1.97.